The molecule has 2 atom stereocenters. The zero-order valence-corrected chi connectivity index (χ0v) is 27.0. The smallest absolute Gasteiger partial charge is 0.410 e. The summed E-state index contributed by atoms with van der Waals surface area (Å²) < 4.78 is 53.4. The summed E-state index contributed by atoms with van der Waals surface area (Å²) in [5, 5.41) is 0.709. The van der Waals surface area contributed by atoms with Crippen LogP contribution in [0.1, 0.15) is 59.3 Å². The van der Waals surface area contributed by atoms with E-state index in [1.807, 2.05) is 31.9 Å². The first-order chi connectivity index (χ1) is 20.9. The monoisotopic (exact) mass is 654 g/mol. The van der Waals surface area contributed by atoms with E-state index in [1.54, 1.807) is 0 Å². The number of piperazine rings is 1. The molecule has 9 nitrogen and oxygen atoms in total. The second-order valence-electron chi connectivity index (χ2n) is 13.4. The van der Waals surface area contributed by atoms with Crippen LogP contribution in [-0.2, 0) is 4.74 Å². The van der Waals surface area contributed by atoms with Crippen LogP contribution in [0.4, 0.5) is 23.8 Å². The summed E-state index contributed by atoms with van der Waals surface area (Å²) in [5.41, 5.74) is -0.424. The molecule has 2 aromatic rings. The molecule has 240 valence electrons. The summed E-state index contributed by atoms with van der Waals surface area (Å²) in [5.74, 6) is -0.228. The van der Waals surface area contributed by atoms with Gasteiger partial charge in [-0.2, -0.15) is 18.7 Å². The Morgan fingerprint density at radius 1 is 1.09 bits per heavy atom. The van der Waals surface area contributed by atoms with Gasteiger partial charge < -0.3 is 19.3 Å². The van der Waals surface area contributed by atoms with E-state index in [4.69, 9.17) is 26.1 Å². The number of carbonyl (C=O) groups excluding carboxylic acids is 1. The molecule has 4 fully saturated rings. The molecule has 0 spiro atoms. The van der Waals surface area contributed by atoms with Crippen molar-refractivity contribution >= 4 is 46.2 Å². The zero-order valence-electron chi connectivity index (χ0n) is 25.5. The maximum Gasteiger partial charge on any atom is 0.410 e. The number of rotatable bonds is 7. The molecular formula is C30H38ClF3N6O3S. The van der Waals surface area contributed by atoms with Crippen LogP contribution in [0, 0.1) is 11.2 Å². The van der Waals surface area contributed by atoms with Gasteiger partial charge in [-0.1, -0.05) is 11.6 Å². The van der Waals surface area contributed by atoms with E-state index < -0.39 is 17.5 Å². The molecule has 4 aliphatic rings. The molecule has 2 aromatic heterocycles. The molecule has 14 heteroatoms. The van der Waals surface area contributed by atoms with E-state index in [9.17, 15) is 13.6 Å². The quantitative estimate of drug-likeness (QED) is 0.244. The molecule has 1 saturated carbocycles. The Bertz CT molecular complexity index is 1460. The van der Waals surface area contributed by atoms with Gasteiger partial charge >= 0.3 is 12.1 Å². The largest absolute Gasteiger partial charge is 0.463 e. The number of hydrogen-bond acceptors (Lipinski definition) is 9. The van der Waals surface area contributed by atoms with Crippen LogP contribution >= 0.6 is 23.4 Å². The van der Waals surface area contributed by atoms with Gasteiger partial charge in [0.2, 0.25) is 0 Å². The lowest BCUT2D eigenvalue weighted by Crippen LogP contribution is -2.57. The van der Waals surface area contributed by atoms with E-state index in [-0.39, 0.29) is 45.8 Å². The lowest BCUT2D eigenvalue weighted by Gasteiger charge is -2.42. The molecule has 2 bridgehead atoms. The van der Waals surface area contributed by atoms with Gasteiger partial charge in [-0.15, -0.1) is 11.8 Å². The maximum atomic E-state index is 15.5. The number of carbonyl (C=O) groups is 1. The Kier molecular flexibility index (Phi) is 8.59. The Morgan fingerprint density at radius 2 is 1.75 bits per heavy atom. The van der Waals surface area contributed by atoms with Gasteiger partial charge in [-0.25, -0.2) is 14.2 Å². The molecule has 3 saturated heterocycles. The number of halogens is 4. The van der Waals surface area contributed by atoms with E-state index in [0.717, 1.165) is 32.2 Å². The number of fused-ring (bicyclic) bond motifs is 3. The third kappa shape index (κ3) is 6.42. The van der Waals surface area contributed by atoms with Crippen molar-refractivity contribution in [3.05, 3.63) is 22.6 Å². The van der Waals surface area contributed by atoms with Crippen molar-refractivity contribution in [3.63, 3.8) is 0 Å². The Balaban J connectivity index is 1.25. The van der Waals surface area contributed by atoms with Crippen molar-refractivity contribution < 1.29 is 27.4 Å². The predicted molar refractivity (Wildman–Crippen MR) is 163 cm³/mol. The second kappa shape index (κ2) is 12.0. The molecule has 3 aliphatic heterocycles. The standard InChI is InChI=1S/C30H38ClF3N6O3S/c1-29(2,3)43-28(41)40-18-5-6-19(40)14-39(13-18)25-20-22(21(32)23(31)36-26(20)44-4)35-27(37-25)42-16-30(9-10-30)15-38-11-7-17(8-12-38)24(33)34/h18-19H,5-16H2,1-4H3. The lowest BCUT2D eigenvalue weighted by atomic mass is 10.0. The van der Waals surface area contributed by atoms with Crippen LogP contribution < -0.4 is 9.64 Å². The van der Waals surface area contributed by atoms with Gasteiger partial charge in [-0.05, 0) is 71.1 Å². The molecule has 1 amide bonds. The van der Waals surface area contributed by atoms with Crippen LogP contribution in [0.25, 0.3) is 10.9 Å². The number of nitrogens with zero attached hydrogens (tertiary/aromatic N) is 6. The van der Waals surface area contributed by atoms with Crippen molar-refractivity contribution in [2.75, 3.05) is 50.5 Å². The highest BCUT2D eigenvalue weighted by atomic mass is 35.5. The van der Waals surface area contributed by atoms with Crippen LogP contribution in [0.2, 0.25) is 5.15 Å². The Hall–Kier alpha value is -2.51. The van der Waals surface area contributed by atoms with Crippen LogP contribution in [0.3, 0.4) is 0 Å². The van der Waals surface area contributed by atoms with Crippen molar-refractivity contribution in [2.45, 2.75) is 82.0 Å². The molecule has 5 heterocycles. The van der Waals surface area contributed by atoms with Crippen molar-refractivity contribution in [3.8, 4) is 6.01 Å². The minimum atomic E-state index is -1.55. The average Bonchev–Trinajstić information content (AvgIpc) is 3.68. The van der Waals surface area contributed by atoms with Crippen LogP contribution in [-0.4, -0.2) is 94.1 Å². The van der Waals surface area contributed by atoms with E-state index in [2.05, 4.69) is 19.8 Å². The number of aromatic nitrogens is 3. The first kappa shape index (κ1) is 31.5. The molecule has 0 N–H and O–H groups in total. The maximum absolute atomic E-state index is 15.5. The third-order valence-corrected chi connectivity index (χ3v) is 9.93. The number of amides is 1. The van der Waals surface area contributed by atoms with E-state index in [0.29, 0.717) is 61.9 Å². The summed E-state index contributed by atoms with van der Waals surface area (Å²) in [4.78, 5) is 32.8. The summed E-state index contributed by atoms with van der Waals surface area (Å²) in [7, 11) is 0. The fourth-order valence-corrected chi connectivity index (χ4v) is 7.39. The highest BCUT2D eigenvalue weighted by molar-refractivity contribution is 7.98. The topological polar surface area (TPSA) is 83.9 Å². The zero-order chi connectivity index (χ0) is 31.4. The van der Waals surface area contributed by atoms with Crippen molar-refractivity contribution in [2.24, 2.45) is 5.41 Å². The molecule has 0 radical (unpaired) electrons. The van der Waals surface area contributed by atoms with Crippen LogP contribution in [0.5, 0.6) is 6.01 Å². The molecule has 44 heavy (non-hydrogen) atoms. The number of thioether (sulfide) groups is 1. The van der Waals surface area contributed by atoms with Gasteiger partial charge in [0.05, 0.1) is 24.1 Å². The molecule has 0 aromatic carbocycles. The van der Waals surface area contributed by atoms with Gasteiger partial charge in [-0.3, -0.25) is 4.90 Å². The molecule has 2 unspecified atom stereocenters. The van der Waals surface area contributed by atoms with E-state index in [1.165, 1.54) is 11.8 Å². The average molecular weight is 655 g/mol. The van der Waals surface area contributed by atoms with Gasteiger partial charge in [0.1, 0.15) is 22.0 Å². The number of likely N-dealkylation sites (tertiary alicyclic amines) is 1. The predicted octanol–water partition coefficient (Wildman–Crippen LogP) is 6.53. The molecule has 6 rings (SSSR count). The van der Waals surface area contributed by atoms with E-state index >= 15 is 4.39 Å². The highest BCUT2D eigenvalue weighted by Gasteiger charge is 2.47. The Morgan fingerprint density at radius 3 is 2.32 bits per heavy atom. The normalized spacial score (nSPS) is 23.3. The summed E-state index contributed by atoms with van der Waals surface area (Å²) in [6.07, 6.45) is 4.27. The van der Waals surface area contributed by atoms with Crippen molar-refractivity contribution in [1.82, 2.24) is 24.8 Å². The Labute approximate surface area is 264 Å². The highest BCUT2D eigenvalue weighted by Crippen LogP contribution is 2.47. The molecular weight excluding hydrogens is 617 g/mol. The second-order valence-corrected chi connectivity index (χ2v) is 14.5. The van der Waals surface area contributed by atoms with Crippen molar-refractivity contribution in [1.29, 1.82) is 0 Å². The van der Waals surface area contributed by atoms with Gasteiger partial charge in [0, 0.05) is 38.1 Å². The first-order valence-electron chi connectivity index (χ1n) is 15.1. The summed E-state index contributed by atoms with van der Waals surface area (Å²) >= 11 is 7.53. The minimum absolute atomic E-state index is 0.0460. The number of hydrogen-bond donors (Lipinski definition) is 0. The van der Waals surface area contributed by atoms with Crippen LogP contribution in [0.15, 0.2) is 16.7 Å². The SMILES string of the molecule is CSc1nc(Cl)c(F)c2nc(OCC3(CN4CCC(=C(F)F)CC4)CC3)nc(N3CC4CCC(C3)N4C(=O)OC(C)(C)C)c12. The fourth-order valence-electron chi connectivity index (χ4n) is 6.59. The minimum Gasteiger partial charge on any atom is -0.463 e. The number of anilines is 1. The summed E-state index contributed by atoms with van der Waals surface area (Å²) in [6, 6.07) is -0.111. The van der Waals surface area contributed by atoms with Gasteiger partial charge in [0.15, 0.2) is 11.0 Å². The number of piperidine rings is 1. The number of pyridine rings is 1. The number of ether oxygens (including phenoxy) is 2. The fraction of sp³-hybridized carbons (Fsp3) is 0.667. The van der Waals surface area contributed by atoms with Gasteiger partial charge in [0.25, 0.3) is 6.08 Å². The first-order valence-corrected chi connectivity index (χ1v) is 16.7. The summed E-state index contributed by atoms with van der Waals surface area (Å²) in [6.45, 7) is 8.82. The lowest BCUT2D eigenvalue weighted by molar-refractivity contribution is 0.0122. The third-order valence-electron chi connectivity index (χ3n) is 9.00. The molecule has 1 aliphatic carbocycles.